The molecule has 15 heavy (non-hydrogen) atoms. The van der Waals surface area contributed by atoms with Gasteiger partial charge in [0.25, 0.3) is 0 Å². The molecule has 0 radical (unpaired) electrons. The summed E-state index contributed by atoms with van der Waals surface area (Å²) in [4.78, 5) is 11.1. The Kier molecular flexibility index (Phi) is 5.27. The molecule has 0 N–H and O–H groups in total. The molecule has 1 fully saturated rings. The third-order valence-electron chi connectivity index (χ3n) is 3.98. The van der Waals surface area contributed by atoms with Gasteiger partial charge in [0, 0.05) is 0 Å². The van der Waals surface area contributed by atoms with Crippen molar-refractivity contribution in [1.82, 2.24) is 0 Å². The maximum absolute atomic E-state index is 11.1. The number of unbranched alkanes of at least 4 members (excludes halogenated alkanes) is 2. The summed E-state index contributed by atoms with van der Waals surface area (Å²) in [6.45, 7) is 4.28. The van der Waals surface area contributed by atoms with E-state index in [1.54, 1.807) is 0 Å². The molecule has 0 spiro atoms. The summed E-state index contributed by atoms with van der Waals surface area (Å²) >= 11 is 0. The van der Waals surface area contributed by atoms with E-state index in [4.69, 9.17) is 0 Å². The first-order valence-corrected chi connectivity index (χ1v) is 6.57. The van der Waals surface area contributed by atoms with Crippen LogP contribution in [0, 0.1) is 10.8 Å². The molecule has 1 rings (SSSR count). The fraction of sp³-hybridized carbons (Fsp3) is 1.00. The van der Waals surface area contributed by atoms with E-state index in [2.05, 4.69) is 19.0 Å². The van der Waals surface area contributed by atoms with Gasteiger partial charge in [0.05, 0.1) is 0 Å². The second-order valence-corrected chi connectivity index (χ2v) is 5.24. The van der Waals surface area contributed by atoms with Crippen LogP contribution in [0.5, 0.6) is 0 Å². The van der Waals surface area contributed by atoms with Gasteiger partial charge in [-0.25, -0.2) is 0 Å². The van der Waals surface area contributed by atoms with E-state index in [0.29, 0.717) is 5.92 Å². The molecule has 0 aromatic rings. The van der Waals surface area contributed by atoms with Crippen molar-refractivity contribution in [3.63, 3.8) is 0 Å². The first-order chi connectivity index (χ1) is 7.23. The molecule has 88 valence electrons. The Morgan fingerprint density at radius 3 is 2.40 bits per heavy atom. The van der Waals surface area contributed by atoms with Crippen molar-refractivity contribution < 1.29 is 0 Å². The number of hydrogen-bond acceptors (Lipinski definition) is 2. The molecular weight excluding hydrogens is 186 g/mol. The number of hydrogen-bond donors (Lipinski definition) is 0. The fourth-order valence-electron chi connectivity index (χ4n) is 2.78. The zero-order chi connectivity index (χ0) is 11.1. The summed E-state index contributed by atoms with van der Waals surface area (Å²) in [5.74, 6) is 0.556. The zero-order valence-electron chi connectivity index (χ0n) is 10.3. The molecule has 1 aliphatic carbocycles. The molecule has 1 unspecified atom stereocenters. The molecule has 1 saturated carbocycles. The Bertz CT molecular complexity index is 187. The minimum Gasteiger partial charge on any atom is -0.150 e. The highest BCUT2D eigenvalue weighted by atomic mass is 16.3. The van der Waals surface area contributed by atoms with Gasteiger partial charge in [0.1, 0.15) is 5.54 Å². The Balaban J connectivity index is 2.45. The number of nitroso groups, excluding NO2 is 1. The Labute approximate surface area is 93.8 Å². The Hall–Kier alpha value is -0.400. The fourth-order valence-corrected chi connectivity index (χ4v) is 2.78. The lowest BCUT2D eigenvalue weighted by molar-refractivity contribution is 0.207. The lowest BCUT2D eigenvalue weighted by Crippen LogP contribution is -2.33. The van der Waals surface area contributed by atoms with Crippen LogP contribution in [-0.2, 0) is 0 Å². The van der Waals surface area contributed by atoms with Crippen LogP contribution in [0.3, 0.4) is 0 Å². The van der Waals surface area contributed by atoms with Crippen LogP contribution < -0.4 is 0 Å². The van der Waals surface area contributed by atoms with Crippen molar-refractivity contribution in [3.8, 4) is 0 Å². The highest BCUT2D eigenvalue weighted by Gasteiger charge is 2.35. The van der Waals surface area contributed by atoms with E-state index in [1.165, 1.54) is 44.9 Å². The second kappa shape index (κ2) is 6.24. The van der Waals surface area contributed by atoms with E-state index in [1.807, 2.05) is 0 Å². The molecule has 0 heterocycles. The lowest BCUT2D eigenvalue weighted by Gasteiger charge is -2.34. The van der Waals surface area contributed by atoms with Crippen molar-refractivity contribution in [2.24, 2.45) is 11.1 Å². The first-order valence-electron chi connectivity index (χ1n) is 6.57. The van der Waals surface area contributed by atoms with Gasteiger partial charge < -0.3 is 0 Å². The zero-order valence-corrected chi connectivity index (χ0v) is 10.3. The smallest absolute Gasteiger partial charge is 0.103 e. The van der Waals surface area contributed by atoms with E-state index >= 15 is 0 Å². The summed E-state index contributed by atoms with van der Waals surface area (Å²) in [6, 6.07) is 0. The molecule has 1 atom stereocenters. The molecule has 2 heteroatoms. The van der Waals surface area contributed by atoms with Crippen molar-refractivity contribution >= 4 is 0 Å². The second-order valence-electron chi connectivity index (χ2n) is 5.24. The monoisotopic (exact) mass is 211 g/mol. The summed E-state index contributed by atoms with van der Waals surface area (Å²) in [6.07, 6.45) is 11.0. The summed E-state index contributed by atoms with van der Waals surface area (Å²) in [5, 5.41) is 3.47. The van der Waals surface area contributed by atoms with Gasteiger partial charge in [-0.2, -0.15) is 4.91 Å². The molecular formula is C13H25NO. The van der Waals surface area contributed by atoms with E-state index < -0.39 is 0 Å². The average molecular weight is 211 g/mol. The van der Waals surface area contributed by atoms with Crippen LogP contribution in [0.2, 0.25) is 0 Å². The molecule has 2 nitrogen and oxygen atoms in total. The van der Waals surface area contributed by atoms with Crippen molar-refractivity contribution in [2.75, 3.05) is 0 Å². The van der Waals surface area contributed by atoms with Crippen LogP contribution in [0.1, 0.15) is 71.6 Å². The topological polar surface area (TPSA) is 29.4 Å². The quantitative estimate of drug-likeness (QED) is 0.463. The molecule has 0 bridgehead atoms. The van der Waals surface area contributed by atoms with Crippen LogP contribution in [0.4, 0.5) is 0 Å². The van der Waals surface area contributed by atoms with E-state index in [0.717, 1.165) is 12.8 Å². The lowest BCUT2D eigenvalue weighted by atomic mass is 9.74. The van der Waals surface area contributed by atoms with Gasteiger partial charge in [0.15, 0.2) is 0 Å². The summed E-state index contributed by atoms with van der Waals surface area (Å²) < 4.78 is 0. The van der Waals surface area contributed by atoms with Crippen LogP contribution in [-0.4, -0.2) is 5.54 Å². The SMILES string of the molecule is CCCCCC(C)(N=O)C1CCCCC1. The van der Waals surface area contributed by atoms with Crippen molar-refractivity contribution in [1.29, 1.82) is 0 Å². The summed E-state index contributed by atoms with van der Waals surface area (Å²) in [7, 11) is 0. The average Bonchev–Trinajstić information content (AvgIpc) is 2.30. The first kappa shape index (κ1) is 12.7. The van der Waals surface area contributed by atoms with Gasteiger partial charge >= 0.3 is 0 Å². The van der Waals surface area contributed by atoms with Gasteiger partial charge in [-0.05, 0) is 32.1 Å². The number of nitrogens with zero attached hydrogens (tertiary/aromatic N) is 1. The van der Waals surface area contributed by atoms with E-state index in [-0.39, 0.29) is 5.54 Å². The maximum Gasteiger partial charge on any atom is 0.103 e. The van der Waals surface area contributed by atoms with Gasteiger partial charge in [-0.3, -0.25) is 0 Å². The predicted octanol–water partition coefficient (Wildman–Crippen LogP) is 4.67. The predicted molar refractivity (Wildman–Crippen MR) is 64.9 cm³/mol. The highest BCUT2D eigenvalue weighted by molar-refractivity contribution is 4.91. The normalized spacial score (nSPS) is 22.3. The standard InChI is InChI=1S/C13H25NO/c1-3-4-8-11-13(2,14-15)12-9-6-5-7-10-12/h12H,3-11H2,1-2H3. The molecule has 0 aliphatic heterocycles. The minimum absolute atomic E-state index is 0.268. The van der Waals surface area contributed by atoms with Crippen molar-refractivity contribution in [2.45, 2.75) is 77.2 Å². The third kappa shape index (κ3) is 3.58. The largest absolute Gasteiger partial charge is 0.150 e. The van der Waals surface area contributed by atoms with Crippen LogP contribution in [0.25, 0.3) is 0 Å². The van der Waals surface area contributed by atoms with Crippen LogP contribution in [0.15, 0.2) is 5.18 Å². The third-order valence-corrected chi connectivity index (χ3v) is 3.98. The van der Waals surface area contributed by atoms with Gasteiger partial charge in [0.2, 0.25) is 0 Å². The Morgan fingerprint density at radius 1 is 1.20 bits per heavy atom. The minimum atomic E-state index is -0.268. The molecule has 0 amide bonds. The summed E-state index contributed by atoms with van der Waals surface area (Å²) in [5.41, 5.74) is -0.268. The number of rotatable bonds is 6. The molecule has 1 aliphatic rings. The van der Waals surface area contributed by atoms with Crippen LogP contribution >= 0.6 is 0 Å². The maximum atomic E-state index is 11.1. The van der Waals surface area contributed by atoms with Crippen molar-refractivity contribution in [3.05, 3.63) is 4.91 Å². The van der Waals surface area contributed by atoms with Gasteiger partial charge in [-0.15, -0.1) is 0 Å². The highest BCUT2D eigenvalue weighted by Crippen LogP contribution is 2.38. The van der Waals surface area contributed by atoms with Gasteiger partial charge in [-0.1, -0.05) is 50.6 Å². The molecule has 0 aromatic carbocycles. The molecule has 0 saturated heterocycles. The Morgan fingerprint density at radius 2 is 1.87 bits per heavy atom. The van der Waals surface area contributed by atoms with E-state index in [9.17, 15) is 4.91 Å². The molecule has 0 aromatic heterocycles.